The number of pyridine rings is 1. The number of ether oxygens (including phenoxy) is 2. The summed E-state index contributed by atoms with van der Waals surface area (Å²) in [5.41, 5.74) is 1.16. The molecule has 1 saturated heterocycles. The molecule has 0 aliphatic carbocycles. The highest BCUT2D eigenvalue weighted by Crippen LogP contribution is 2.36. The number of alkyl halides is 6. The summed E-state index contributed by atoms with van der Waals surface area (Å²) in [7, 11) is 0. The third kappa shape index (κ3) is 7.67. The Hall–Kier alpha value is -3.91. The summed E-state index contributed by atoms with van der Waals surface area (Å²) in [6, 6.07) is 12.3. The lowest BCUT2D eigenvalue weighted by Crippen LogP contribution is -2.39. The maximum Gasteiger partial charge on any atom is 0.434 e. The van der Waals surface area contributed by atoms with Gasteiger partial charge < -0.3 is 9.47 Å². The van der Waals surface area contributed by atoms with E-state index in [9.17, 15) is 31.1 Å². The van der Waals surface area contributed by atoms with Crippen molar-refractivity contribution in [2.75, 3.05) is 26.2 Å². The Balaban J connectivity index is 1.30. The summed E-state index contributed by atoms with van der Waals surface area (Å²) in [6.07, 6.45) is -6.98. The fraction of sp³-hybridized carbons (Fsp3) is 0.387. The van der Waals surface area contributed by atoms with E-state index in [4.69, 9.17) is 9.47 Å². The van der Waals surface area contributed by atoms with Crippen LogP contribution < -0.4 is 4.74 Å². The van der Waals surface area contributed by atoms with E-state index in [1.54, 1.807) is 12.1 Å². The lowest BCUT2D eigenvalue weighted by Gasteiger charge is -2.32. The molecule has 0 atom stereocenters. The molecular weight excluding hydrogens is 622 g/mol. The smallest absolute Gasteiger partial charge is 0.434 e. The summed E-state index contributed by atoms with van der Waals surface area (Å²) < 4.78 is 91.7. The van der Waals surface area contributed by atoms with E-state index in [0.29, 0.717) is 46.9 Å². The molecule has 1 aliphatic rings. The first-order chi connectivity index (χ1) is 21.3. The molecular formula is C31H30F6N4O3S. The van der Waals surface area contributed by atoms with Gasteiger partial charge in [-0.2, -0.15) is 31.4 Å². The number of nitrogens with zero attached hydrogens (tertiary/aromatic N) is 4. The van der Waals surface area contributed by atoms with Crippen molar-refractivity contribution < 1.29 is 40.6 Å². The molecule has 0 saturated carbocycles. The first-order valence-electron chi connectivity index (χ1n) is 14.2. The quantitative estimate of drug-likeness (QED) is 0.136. The molecule has 1 fully saturated rings. The molecule has 3 aromatic heterocycles. The molecule has 1 aliphatic heterocycles. The summed E-state index contributed by atoms with van der Waals surface area (Å²) in [4.78, 5) is 18.8. The van der Waals surface area contributed by atoms with Gasteiger partial charge in [0.15, 0.2) is 11.5 Å². The SMILES string of the molecule is CCOC(=O)c1cnn(-c2cccc(-c3sccc3COc3ccc(C4CCN(CC(F)(F)F)CC4)cc3C)n2)c1C(F)(F)F. The van der Waals surface area contributed by atoms with E-state index in [-0.39, 0.29) is 24.9 Å². The zero-order valence-corrected chi connectivity index (χ0v) is 25.2. The minimum atomic E-state index is -4.89. The first kappa shape index (κ1) is 32.5. The predicted octanol–water partition coefficient (Wildman–Crippen LogP) is 7.82. The third-order valence-corrected chi connectivity index (χ3v) is 8.49. The number of piperidine rings is 1. The number of halogens is 6. The van der Waals surface area contributed by atoms with E-state index in [0.717, 1.165) is 22.9 Å². The molecule has 7 nitrogen and oxygen atoms in total. The Bertz CT molecular complexity index is 1640. The van der Waals surface area contributed by atoms with Gasteiger partial charge >= 0.3 is 18.3 Å². The minimum absolute atomic E-state index is 0.0876. The molecule has 0 unspecified atom stereocenters. The molecule has 14 heteroatoms. The average Bonchev–Trinajstić information content (AvgIpc) is 3.64. The van der Waals surface area contributed by atoms with E-state index in [1.165, 1.54) is 29.2 Å². The zero-order valence-electron chi connectivity index (χ0n) is 24.4. The van der Waals surface area contributed by atoms with Gasteiger partial charge in [0.2, 0.25) is 0 Å². The van der Waals surface area contributed by atoms with Crippen LogP contribution in [0.2, 0.25) is 0 Å². The van der Waals surface area contributed by atoms with Crippen molar-refractivity contribution in [2.45, 2.75) is 51.6 Å². The molecule has 0 N–H and O–H groups in total. The second-order valence-electron chi connectivity index (χ2n) is 10.7. The maximum absolute atomic E-state index is 14.0. The Kier molecular flexibility index (Phi) is 9.54. The van der Waals surface area contributed by atoms with Crippen molar-refractivity contribution in [1.82, 2.24) is 19.7 Å². The van der Waals surface area contributed by atoms with Gasteiger partial charge in [0, 0.05) is 5.56 Å². The van der Waals surface area contributed by atoms with E-state index in [1.807, 2.05) is 36.6 Å². The fourth-order valence-corrected chi connectivity index (χ4v) is 6.30. The fourth-order valence-electron chi connectivity index (χ4n) is 5.42. The second kappa shape index (κ2) is 13.2. The molecule has 4 aromatic rings. The molecule has 5 rings (SSSR count). The van der Waals surface area contributed by atoms with Gasteiger partial charge in [0.05, 0.1) is 29.9 Å². The number of thiophene rings is 1. The summed E-state index contributed by atoms with van der Waals surface area (Å²) >= 11 is 1.35. The largest absolute Gasteiger partial charge is 0.489 e. The number of benzene rings is 1. The van der Waals surface area contributed by atoms with Crippen molar-refractivity contribution in [3.63, 3.8) is 0 Å². The Morgan fingerprint density at radius 3 is 2.49 bits per heavy atom. The molecule has 0 amide bonds. The number of hydrogen-bond acceptors (Lipinski definition) is 7. The van der Waals surface area contributed by atoms with Crippen molar-refractivity contribution >= 4 is 17.3 Å². The van der Waals surface area contributed by atoms with Crippen LogP contribution in [0.15, 0.2) is 54.0 Å². The number of esters is 1. The number of carbonyl (C=O) groups is 1. The van der Waals surface area contributed by atoms with E-state index < -0.39 is 36.1 Å². The highest BCUT2D eigenvalue weighted by atomic mass is 32.1. The predicted molar refractivity (Wildman–Crippen MR) is 156 cm³/mol. The summed E-state index contributed by atoms with van der Waals surface area (Å²) in [6.45, 7) is 3.38. The van der Waals surface area contributed by atoms with E-state index in [2.05, 4.69) is 10.1 Å². The van der Waals surface area contributed by atoms with Crippen LogP contribution in [0, 0.1) is 6.92 Å². The molecule has 1 aromatic carbocycles. The number of likely N-dealkylation sites (tertiary alicyclic amines) is 1. The zero-order chi connectivity index (χ0) is 32.4. The molecule has 45 heavy (non-hydrogen) atoms. The number of aromatic nitrogens is 3. The van der Waals surface area contributed by atoms with Crippen molar-refractivity contribution in [3.8, 4) is 22.1 Å². The molecule has 4 heterocycles. The lowest BCUT2D eigenvalue weighted by molar-refractivity contribution is -0.148. The normalized spacial score (nSPS) is 14.9. The summed E-state index contributed by atoms with van der Waals surface area (Å²) in [5.74, 6) is -0.430. The Labute approximate surface area is 259 Å². The van der Waals surface area contributed by atoms with Gasteiger partial charge in [-0.15, -0.1) is 11.3 Å². The number of aryl methyl sites for hydroxylation is 1. The van der Waals surface area contributed by atoms with Crippen LogP contribution in [0.5, 0.6) is 5.75 Å². The van der Waals surface area contributed by atoms with E-state index >= 15 is 0 Å². The summed E-state index contributed by atoms with van der Waals surface area (Å²) in [5, 5.41) is 5.64. The molecule has 0 bridgehead atoms. The minimum Gasteiger partial charge on any atom is -0.489 e. The first-order valence-corrected chi connectivity index (χ1v) is 15.1. The maximum atomic E-state index is 14.0. The van der Waals surface area contributed by atoms with Crippen LogP contribution in [0.1, 0.15) is 58.4 Å². The van der Waals surface area contributed by atoms with Gasteiger partial charge in [-0.3, -0.25) is 4.90 Å². The van der Waals surface area contributed by atoms with Crippen molar-refractivity contribution in [3.05, 3.63) is 82.0 Å². The topological polar surface area (TPSA) is 69.5 Å². The monoisotopic (exact) mass is 652 g/mol. The van der Waals surface area contributed by atoms with Crippen LogP contribution in [0.3, 0.4) is 0 Å². The highest BCUT2D eigenvalue weighted by molar-refractivity contribution is 7.13. The lowest BCUT2D eigenvalue weighted by atomic mass is 9.88. The second-order valence-corrected chi connectivity index (χ2v) is 11.6. The van der Waals surface area contributed by atoms with Crippen LogP contribution in [-0.4, -0.2) is 58.1 Å². The Morgan fingerprint density at radius 2 is 1.82 bits per heavy atom. The average molecular weight is 653 g/mol. The highest BCUT2D eigenvalue weighted by Gasteiger charge is 2.41. The van der Waals surface area contributed by atoms with Crippen LogP contribution in [0.4, 0.5) is 26.3 Å². The number of hydrogen-bond donors (Lipinski definition) is 0. The standard InChI is InChI=1S/C31H30F6N4O3S/c1-3-43-29(42)23-16-38-41(28(23)31(35,36)37)26-6-4-5-24(39-26)27-22(11-14-45-27)17-44-25-8-7-21(15-19(25)2)20-9-12-40(13-10-20)18-30(32,33)34/h4-8,11,14-16,20H,3,9-10,12-13,17-18H2,1-2H3. The van der Waals surface area contributed by atoms with Gasteiger partial charge in [-0.25, -0.2) is 14.5 Å². The third-order valence-electron chi connectivity index (χ3n) is 7.51. The molecule has 0 spiro atoms. The van der Waals surface area contributed by atoms with Gasteiger partial charge in [-0.05, 0) is 86.5 Å². The Morgan fingerprint density at radius 1 is 1.07 bits per heavy atom. The molecule has 0 radical (unpaired) electrons. The van der Waals surface area contributed by atoms with Crippen molar-refractivity contribution in [1.29, 1.82) is 0 Å². The van der Waals surface area contributed by atoms with Crippen LogP contribution in [-0.2, 0) is 17.5 Å². The number of rotatable bonds is 9. The van der Waals surface area contributed by atoms with Crippen LogP contribution >= 0.6 is 11.3 Å². The van der Waals surface area contributed by atoms with Gasteiger partial charge in [0.25, 0.3) is 0 Å². The van der Waals surface area contributed by atoms with Crippen molar-refractivity contribution in [2.24, 2.45) is 0 Å². The van der Waals surface area contributed by atoms with Crippen LogP contribution in [0.25, 0.3) is 16.4 Å². The molecule has 240 valence electrons. The van der Waals surface area contributed by atoms with Gasteiger partial charge in [-0.1, -0.05) is 18.2 Å². The number of carbonyl (C=O) groups excluding carboxylic acids is 1. The van der Waals surface area contributed by atoms with Gasteiger partial charge in [0.1, 0.15) is 17.9 Å².